The fourth-order valence-corrected chi connectivity index (χ4v) is 7.59. The van der Waals surface area contributed by atoms with Gasteiger partial charge in [0.05, 0.1) is 36.6 Å². The van der Waals surface area contributed by atoms with Crippen molar-refractivity contribution in [1.82, 2.24) is 9.80 Å². The molecule has 256 valence electrons. The van der Waals surface area contributed by atoms with E-state index in [1.54, 1.807) is 0 Å². The Morgan fingerprint density at radius 3 is 0.923 bits per heavy atom. The van der Waals surface area contributed by atoms with E-state index in [-0.39, 0.29) is 5.78 Å². The molecule has 0 fully saturated rings. The summed E-state index contributed by atoms with van der Waals surface area (Å²) < 4.78 is 0. The molecule has 2 aliphatic rings. The molecule has 2 heterocycles. The Morgan fingerprint density at radius 2 is 0.654 bits per heavy atom. The third-order valence-electron chi connectivity index (χ3n) is 10.3. The lowest BCUT2D eigenvalue weighted by Crippen LogP contribution is -2.51. The average Bonchev–Trinajstić information content (AvgIpc) is 3.84. The maximum atomic E-state index is 15.5. The molecule has 6 aromatic rings. The number of carbonyl (C=O) groups excluding carboxylic acids is 1. The minimum atomic E-state index is -0.448. The van der Waals surface area contributed by atoms with Gasteiger partial charge in [-0.15, -0.1) is 0 Å². The molecular formula is C47H42N4O. The zero-order valence-electron chi connectivity index (χ0n) is 29.3. The zero-order chi connectivity index (χ0) is 35.1. The molecule has 0 amide bonds. The van der Waals surface area contributed by atoms with Crippen molar-refractivity contribution in [3.63, 3.8) is 0 Å². The third kappa shape index (κ3) is 7.33. The van der Waals surface area contributed by atoms with Gasteiger partial charge in [-0.2, -0.15) is 0 Å². The fourth-order valence-electron chi connectivity index (χ4n) is 7.59. The molecule has 5 nitrogen and oxygen atoms in total. The SMILES string of the molecule is O=C(C(CN=C(c1ccccc1)c1ccccc1)N1Cc2ccccc2C1)C(CN=C(c1ccccc1)c1ccccc1)N1Cc2ccccc2C1. The maximum absolute atomic E-state index is 15.5. The predicted molar refractivity (Wildman–Crippen MR) is 211 cm³/mol. The highest BCUT2D eigenvalue weighted by Crippen LogP contribution is 2.29. The molecular weight excluding hydrogens is 637 g/mol. The first-order chi connectivity index (χ1) is 25.7. The maximum Gasteiger partial charge on any atom is 0.170 e. The van der Waals surface area contributed by atoms with E-state index in [4.69, 9.17) is 9.98 Å². The van der Waals surface area contributed by atoms with Crippen molar-refractivity contribution in [2.75, 3.05) is 13.1 Å². The van der Waals surface area contributed by atoms with Crippen LogP contribution in [0.25, 0.3) is 0 Å². The Labute approximate surface area is 306 Å². The van der Waals surface area contributed by atoms with Gasteiger partial charge in [-0.25, -0.2) is 0 Å². The van der Waals surface area contributed by atoms with Crippen molar-refractivity contribution in [2.45, 2.75) is 38.3 Å². The Morgan fingerprint density at radius 1 is 0.404 bits per heavy atom. The number of hydrogen-bond acceptors (Lipinski definition) is 5. The number of fused-ring (bicyclic) bond motifs is 2. The van der Waals surface area contributed by atoms with Gasteiger partial charge in [0, 0.05) is 48.4 Å². The molecule has 0 bridgehead atoms. The molecule has 8 rings (SSSR count). The molecule has 0 saturated carbocycles. The lowest BCUT2D eigenvalue weighted by atomic mass is 9.99. The summed E-state index contributed by atoms with van der Waals surface area (Å²) in [5.41, 5.74) is 11.0. The Bertz CT molecular complexity index is 1890. The standard InChI is InChI=1S/C47H42N4O/c52-47(43(50-31-39-25-13-14-26-40(39)32-50)29-48-45(35-17-5-1-6-18-35)36-19-7-2-8-20-36)44(51-33-41-27-15-16-28-42(41)34-51)30-49-46(37-21-9-3-10-22-37)38-23-11-4-12-24-38/h1-28,43-44H,29-34H2. The minimum Gasteiger partial charge on any atom is -0.296 e. The minimum absolute atomic E-state index is 0.161. The summed E-state index contributed by atoms with van der Waals surface area (Å²) in [4.78, 5) is 30.8. The van der Waals surface area contributed by atoms with E-state index in [9.17, 15) is 0 Å². The van der Waals surface area contributed by atoms with Crippen LogP contribution in [-0.4, -0.2) is 52.2 Å². The molecule has 5 heteroatoms. The molecule has 0 aromatic heterocycles. The largest absolute Gasteiger partial charge is 0.296 e. The second-order valence-electron chi connectivity index (χ2n) is 13.6. The third-order valence-corrected chi connectivity index (χ3v) is 10.3. The van der Waals surface area contributed by atoms with Gasteiger partial charge < -0.3 is 0 Å². The van der Waals surface area contributed by atoms with E-state index in [1.165, 1.54) is 22.3 Å². The second kappa shape index (κ2) is 15.6. The lowest BCUT2D eigenvalue weighted by molar-refractivity contribution is -0.129. The van der Waals surface area contributed by atoms with E-state index in [0.717, 1.165) is 33.7 Å². The fraction of sp³-hybridized carbons (Fsp3) is 0.170. The summed E-state index contributed by atoms with van der Waals surface area (Å²) in [6.45, 7) is 3.54. The first-order valence-electron chi connectivity index (χ1n) is 18.2. The molecule has 0 aliphatic carbocycles. The number of aliphatic imine (C=N–C) groups is 2. The lowest BCUT2D eigenvalue weighted by Gasteiger charge is -2.32. The quantitative estimate of drug-likeness (QED) is 0.122. The van der Waals surface area contributed by atoms with Crippen LogP contribution >= 0.6 is 0 Å². The van der Waals surface area contributed by atoms with Gasteiger partial charge in [-0.3, -0.25) is 24.6 Å². The normalized spacial score (nSPS) is 14.9. The van der Waals surface area contributed by atoms with Gasteiger partial charge >= 0.3 is 0 Å². The van der Waals surface area contributed by atoms with Crippen LogP contribution < -0.4 is 0 Å². The topological polar surface area (TPSA) is 48.3 Å². The number of rotatable bonds is 12. The van der Waals surface area contributed by atoms with E-state index in [2.05, 4.69) is 107 Å². The Balaban J connectivity index is 1.20. The van der Waals surface area contributed by atoms with E-state index < -0.39 is 12.1 Å². The number of ketones is 1. The van der Waals surface area contributed by atoms with Crippen molar-refractivity contribution in [3.8, 4) is 0 Å². The molecule has 0 radical (unpaired) electrons. The predicted octanol–water partition coefficient (Wildman–Crippen LogP) is 8.40. The van der Waals surface area contributed by atoms with E-state index >= 15 is 4.79 Å². The van der Waals surface area contributed by atoms with Crippen molar-refractivity contribution >= 4 is 17.2 Å². The van der Waals surface area contributed by atoms with Crippen LogP contribution in [0.1, 0.15) is 44.5 Å². The smallest absolute Gasteiger partial charge is 0.170 e. The van der Waals surface area contributed by atoms with Crippen molar-refractivity contribution < 1.29 is 4.79 Å². The van der Waals surface area contributed by atoms with Crippen molar-refractivity contribution in [2.24, 2.45) is 9.98 Å². The molecule has 2 aliphatic heterocycles. The highest BCUT2D eigenvalue weighted by Gasteiger charge is 2.39. The van der Waals surface area contributed by atoms with Gasteiger partial charge in [0.1, 0.15) is 0 Å². The molecule has 0 N–H and O–H groups in total. The van der Waals surface area contributed by atoms with Crippen LogP contribution in [0.4, 0.5) is 0 Å². The molecule has 2 unspecified atom stereocenters. The second-order valence-corrected chi connectivity index (χ2v) is 13.6. The summed E-state index contributed by atoms with van der Waals surface area (Å²) in [6, 6.07) is 57.5. The van der Waals surface area contributed by atoms with Gasteiger partial charge in [0.2, 0.25) is 0 Å². The molecule has 2 atom stereocenters. The Kier molecular flexibility index (Phi) is 10.0. The van der Waals surface area contributed by atoms with Gasteiger partial charge in [-0.05, 0) is 22.3 Å². The number of carbonyl (C=O) groups is 1. The number of nitrogens with zero attached hydrogens (tertiary/aromatic N) is 4. The van der Waals surface area contributed by atoms with Gasteiger partial charge in [0.25, 0.3) is 0 Å². The summed E-state index contributed by atoms with van der Waals surface area (Å²) in [5, 5.41) is 0. The summed E-state index contributed by atoms with van der Waals surface area (Å²) in [6.07, 6.45) is 0. The molecule has 0 saturated heterocycles. The van der Waals surface area contributed by atoms with Crippen LogP contribution in [0.15, 0.2) is 180 Å². The highest BCUT2D eigenvalue weighted by molar-refractivity contribution is 6.13. The first-order valence-corrected chi connectivity index (χ1v) is 18.2. The number of benzene rings is 6. The monoisotopic (exact) mass is 678 g/mol. The van der Waals surface area contributed by atoms with Gasteiger partial charge in [-0.1, -0.05) is 170 Å². The van der Waals surface area contributed by atoms with Crippen LogP contribution in [0.3, 0.4) is 0 Å². The van der Waals surface area contributed by atoms with Gasteiger partial charge in [0.15, 0.2) is 5.78 Å². The van der Waals surface area contributed by atoms with E-state index in [0.29, 0.717) is 39.3 Å². The molecule has 0 spiro atoms. The highest BCUT2D eigenvalue weighted by atomic mass is 16.1. The molecule has 6 aromatic carbocycles. The number of hydrogen-bond donors (Lipinski definition) is 0. The van der Waals surface area contributed by atoms with Crippen molar-refractivity contribution in [3.05, 3.63) is 214 Å². The first kappa shape index (κ1) is 33.4. The summed E-state index contributed by atoms with van der Waals surface area (Å²) >= 11 is 0. The average molecular weight is 679 g/mol. The van der Waals surface area contributed by atoms with E-state index in [1.807, 2.05) is 72.8 Å². The van der Waals surface area contributed by atoms with Crippen LogP contribution in [-0.2, 0) is 31.0 Å². The molecule has 52 heavy (non-hydrogen) atoms. The zero-order valence-corrected chi connectivity index (χ0v) is 29.3. The van der Waals surface area contributed by atoms with Crippen LogP contribution in [0.5, 0.6) is 0 Å². The summed E-state index contributed by atoms with van der Waals surface area (Å²) in [7, 11) is 0. The number of Topliss-reactive ketones (excluding diaryl/α,β-unsaturated/α-hetero) is 1. The van der Waals surface area contributed by atoms with Crippen LogP contribution in [0, 0.1) is 0 Å². The Hall–Kier alpha value is -5.75. The van der Waals surface area contributed by atoms with Crippen molar-refractivity contribution in [1.29, 1.82) is 0 Å². The van der Waals surface area contributed by atoms with Crippen LogP contribution in [0.2, 0.25) is 0 Å². The summed E-state index contributed by atoms with van der Waals surface area (Å²) in [5.74, 6) is 0.161.